The minimum atomic E-state index is 0.509. The number of benzene rings is 1. The Hall–Kier alpha value is -2.18. The second-order valence-electron chi connectivity index (χ2n) is 5.60. The monoisotopic (exact) mass is 311 g/mol. The second kappa shape index (κ2) is 6.29. The molecule has 0 bridgehead atoms. The second-order valence-corrected chi connectivity index (χ2v) is 5.98. The zero-order valence-corrected chi connectivity index (χ0v) is 13.2. The van der Waals surface area contributed by atoms with Crippen LogP contribution in [0.4, 0.5) is 11.4 Å². The highest BCUT2D eigenvalue weighted by Crippen LogP contribution is 2.33. The van der Waals surface area contributed by atoms with Gasteiger partial charge in [0, 0.05) is 23.9 Å². The van der Waals surface area contributed by atoms with E-state index in [0.717, 1.165) is 35.0 Å². The fourth-order valence-corrected chi connectivity index (χ4v) is 2.38. The number of nitrogen functional groups attached to an aromatic ring is 1. The zero-order chi connectivity index (χ0) is 15.5. The summed E-state index contributed by atoms with van der Waals surface area (Å²) in [7, 11) is 0. The summed E-state index contributed by atoms with van der Waals surface area (Å²) < 4.78 is 0. The maximum atomic E-state index is 6.35. The van der Waals surface area contributed by atoms with Crippen molar-refractivity contribution in [1.82, 2.24) is 4.98 Å². The Balaban J connectivity index is 1.83. The maximum Gasteiger partial charge on any atom is 0.0813 e. The van der Waals surface area contributed by atoms with Gasteiger partial charge in [-0.3, -0.25) is 4.98 Å². The number of nitrogens with two attached hydrogens (primary N) is 1. The molecule has 1 aromatic heterocycles. The molecule has 4 heteroatoms. The van der Waals surface area contributed by atoms with Crippen LogP contribution in [0.5, 0.6) is 0 Å². The molecule has 1 aromatic carbocycles. The Labute approximate surface area is 135 Å². The van der Waals surface area contributed by atoms with Crippen LogP contribution in [0.15, 0.2) is 30.5 Å². The van der Waals surface area contributed by atoms with E-state index in [2.05, 4.69) is 22.1 Å². The van der Waals surface area contributed by atoms with Gasteiger partial charge < -0.3 is 11.1 Å². The maximum absolute atomic E-state index is 6.35. The van der Waals surface area contributed by atoms with Gasteiger partial charge in [0.15, 0.2) is 0 Å². The summed E-state index contributed by atoms with van der Waals surface area (Å²) in [5.41, 5.74) is 10.1. The summed E-state index contributed by atoms with van der Waals surface area (Å²) >= 11 is 6.35. The number of aryl methyl sites for hydroxylation is 1. The van der Waals surface area contributed by atoms with Crippen LogP contribution in [-0.2, 0) is 0 Å². The summed E-state index contributed by atoms with van der Waals surface area (Å²) in [6.07, 6.45) is 4.36. The van der Waals surface area contributed by atoms with Crippen molar-refractivity contribution in [3.05, 3.63) is 52.3 Å². The number of hydrogen-bond donors (Lipinski definition) is 2. The molecule has 0 unspecified atom stereocenters. The number of hydrogen-bond acceptors (Lipinski definition) is 3. The third-order valence-electron chi connectivity index (χ3n) is 3.80. The molecule has 3 N–H and O–H groups in total. The Bertz CT molecular complexity index is 755. The standard InChI is InChI=1S/C18H18ClN3/c1-12-14(3-2-10-21-12)6-7-15-8-9-16(18(20)17(15)19)22-11-13-4-5-13/h2-3,8-10,13,22H,4-5,11,20H2,1H3. The van der Waals surface area contributed by atoms with Crippen LogP contribution >= 0.6 is 11.6 Å². The van der Waals surface area contributed by atoms with E-state index in [1.54, 1.807) is 6.20 Å². The van der Waals surface area contributed by atoms with E-state index in [1.165, 1.54) is 12.8 Å². The van der Waals surface area contributed by atoms with E-state index in [4.69, 9.17) is 17.3 Å². The van der Waals surface area contributed by atoms with Gasteiger partial charge in [-0.1, -0.05) is 23.4 Å². The lowest BCUT2D eigenvalue weighted by molar-refractivity contribution is 0.890. The topological polar surface area (TPSA) is 50.9 Å². The minimum Gasteiger partial charge on any atom is -0.396 e. The molecular weight excluding hydrogens is 294 g/mol. The molecule has 0 radical (unpaired) electrons. The van der Waals surface area contributed by atoms with Crippen LogP contribution in [-0.4, -0.2) is 11.5 Å². The van der Waals surface area contributed by atoms with Gasteiger partial charge in [0.05, 0.1) is 22.1 Å². The number of halogens is 1. The number of anilines is 2. The van der Waals surface area contributed by atoms with Gasteiger partial charge in [-0.05, 0) is 49.9 Å². The highest BCUT2D eigenvalue weighted by molar-refractivity contribution is 6.35. The average Bonchev–Trinajstić information content (AvgIpc) is 3.33. The fraction of sp³-hybridized carbons (Fsp3) is 0.278. The van der Waals surface area contributed by atoms with Gasteiger partial charge in [0.2, 0.25) is 0 Å². The van der Waals surface area contributed by atoms with Crippen LogP contribution in [0, 0.1) is 24.7 Å². The molecule has 0 aliphatic heterocycles. The molecule has 1 heterocycles. The van der Waals surface area contributed by atoms with Gasteiger partial charge in [-0.15, -0.1) is 0 Å². The van der Waals surface area contributed by atoms with Crippen molar-refractivity contribution in [3.8, 4) is 11.8 Å². The van der Waals surface area contributed by atoms with Crippen LogP contribution in [0.1, 0.15) is 29.7 Å². The molecule has 0 saturated heterocycles. The molecular formula is C18H18ClN3. The number of nitrogens with one attached hydrogen (secondary N) is 1. The van der Waals surface area contributed by atoms with Gasteiger partial charge in [-0.2, -0.15) is 0 Å². The molecule has 3 nitrogen and oxygen atoms in total. The Morgan fingerprint density at radius 2 is 2.05 bits per heavy atom. The van der Waals surface area contributed by atoms with E-state index in [1.807, 2.05) is 31.2 Å². The zero-order valence-electron chi connectivity index (χ0n) is 12.5. The van der Waals surface area contributed by atoms with E-state index in [-0.39, 0.29) is 0 Å². The fourth-order valence-electron chi connectivity index (χ4n) is 2.17. The molecule has 0 spiro atoms. The minimum absolute atomic E-state index is 0.509. The normalized spacial score (nSPS) is 13.4. The predicted molar refractivity (Wildman–Crippen MR) is 92.0 cm³/mol. The first-order chi connectivity index (χ1) is 10.6. The lowest BCUT2D eigenvalue weighted by Gasteiger charge is -2.11. The summed E-state index contributed by atoms with van der Waals surface area (Å²) in [5.74, 6) is 6.97. The Morgan fingerprint density at radius 1 is 1.27 bits per heavy atom. The van der Waals surface area contributed by atoms with Crippen molar-refractivity contribution >= 4 is 23.0 Å². The third kappa shape index (κ3) is 3.35. The summed E-state index contributed by atoms with van der Waals surface area (Å²) in [4.78, 5) is 4.22. The van der Waals surface area contributed by atoms with Crippen LogP contribution < -0.4 is 11.1 Å². The summed E-state index contributed by atoms with van der Waals surface area (Å²) in [5, 5.41) is 3.87. The molecule has 1 aliphatic carbocycles. The molecule has 0 amide bonds. The Kier molecular flexibility index (Phi) is 4.22. The molecule has 1 fully saturated rings. The number of rotatable bonds is 3. The van der Waals surface area contributed by atoms with Crippen molar-refractivity contribution < 1.29 is 0 Å². The van der Waals surface area contributed by atoms with Gasteiger partial charge in [0.25, 0.3) is 0 Å². The van der Waals surface area contributed by atoms with Gasteiger partial charge >= 0.3 is 0 Å². The van der Waals surface area contributed by atoms with E-state index >= 15 is 0 Å². The molecule has 22 heavy (non-hydrogen) atoms. The predicted octanol–water partition coefficient (Wildman–Crippen LogP) is 3.85. The van der Waals surface area contributed by atoms with Crippen LogP contribution in [0.25, 0.3) is 0 Å². The van der Waals surface area contributed by atoms with E-state index in [0.29, 0.717) is 10.7 Å². The number of pyridine rings is 1. The molecule has 1 saturated carbocycles. The quantitative estimate of drug-likeness (QED) is 0.668. The van der Waals surface area contributed by atoms with Crippen molar-refractivity contribution in [2.75, 3.05) is 17.6 Å². The van der Waals surface area contributed by atoms with Crippen molar-refractivity contribution in [3.63, 3.8) is 0 Å². The highest BCUT2D eigenvalue weighted by Gasteiger charge is 2.21. The van der Waals surface area contributed by atoms with Gasteiger partial charge in [0.1, 0.15) is 0 Å². The Morgan fingerprint density at radius 3 is 2.77 bits per heavy atom. The lowest BCUT2D eigenvalue weighted by atomic mass is 10.1. The SMILES string of the molecule is Cc1ncccc1C#Cc1ccc(NCC2CC2)c(N)c1Cl. The molecule has 0 atom stereocenters. The third-order valence-corrected chi connectivity index (χ3v) is 4.20. The molecule has 1 aliphatic rings. The summed E-state index contributed by atoms with van der Waals surface area (Å²) in [6.45, 7) is 2.89. The molecule has 112 valence electrons. The van der Waals surface area contributed by atoms with E-state index < -0.39 is 0 Å². The van der Waals surface area contributed by atoms with Gasteiger partial charge in [-0.25, -0.2) is 0 Å². The molecule has 2 aromatic rings. The van der Waals surface area contributed by atoms with Crippen molar-refractivity contribution in [2.45, 2.75) is 19.8 Å². The largest absolute Gasteiger partial charge is 0.396 e. The number of aromatic nitrogens is 1. The van der Waals surface area contributed by atoms with E-state index in [9.17, 15) is 0 Å². The molecule has 3 rings (SSSR count). The van der Waals surface area contributed by atoms with Crippen molar-refractivity contribution in [2.24, 2.45) is 5.92 Å². The first-order valence-corrected chi connectivity index (χ1v) is 7.78. The van der Waals surface area contributed by atoms with Crippen LogP contribution in [0.3, 0.4) is 0 Å². The van der Waals surface area contributed by atoms with Crippen LogP contribution in [0.2, 0.25) is 5.02 Å². The van der Waals surface area contributed by atoms with Crippen molar-refractivity contribution in [1.29, 1.82) is 0 Å². The highest BCUT2D eigenvalue weighted by atomic mass is 35.5. The lowest BCUT2D eigenvalue weighted by Crippen LogP contribution is -2.06. The number of nitrogens with zero attached hydrogens (tertiary/aromatic N) is 1. The first-order valence-electron chi connectivity index (χ1n) is 7.40. The smallest absolute Gasteiger partial charge is 0.0813 e. The summed E-state index contributed by atoms with van der Waals surface area (Å²) in [6, 6.07) is 7.67. The average molecular weight is 312 g/mol. The first kappa shape index (κ1) is 14.7.